The van der Waals surface area contributed by atoms with Crippen molar-refractivity contribution in [2.45, 2.75) is 44.8 Å². The molecule has 0 spiro atoms. The average molecular weight is 229 g/mol. The normalized spacial score (nSPS) is 21.9. The van der Waals surface area contributed by atoms with Gasteiger partial charge in [0.25, 0.3) is 5.91 Å². The zero-order valence-electron chi connectivity index (χ0n) is 10.0. The third-order valence-electron chi connectivity index (χ3n) is 3.07. The number of likely N-dealkylation sites (tertiary alicyclic amines) is 1. The number of piperidine rings is 1. The fourth-order valence-electron chi connectivity index (χ4n) is 1.86. The highest BCUT2D eigenvalue weighted by molar-refractivity contribution is 5.89. The Morgan fingerprint density at radius 1 is 1.38 bits per heavy atom. The molecule has 0 bridgehead atoms. The summed E-state index contributed by atoms with van der Waals surface area (Å²) in [4.78, 5) is 24.6. The van der Waals surface area contributed by atoms with Gasteiger partial charge in [0.05, 0.1) is 0 Å². The van der Waals surface area contributed by atoms with Gasteiger partial charge in [0.15, 0.2) is 0 Å². The number of hydrogen-bond acceptors (Lipinski definition) is 3. The van der Waals surface area contributed by atoms with Crippen molar-refractivity contribution >= 4 is 11.9 Å². The number of rotatable bonds is 3. The van der Waals surface area contributed by atoms with Gasteiger partial charge in [0.1, 0.15) is 11.6 Å². The number of carbonyl (C=O) groups excluding carboxylic acids is 1. The number of carbonyl (C=O) groups is 2. The van der Waals surface area contributed by atoms with E-state index in [9.17, 15) is 9.59 Å². The summed E-state index contributed by atoms with van der Waals surface area (Å²) in [6, 6.07) is -0.698. The third-order valence-corrected chi connectivity index (χ3v) is 3.07. The van der Waals surface area contributed by atoms with Crippen LogP contribution in [0.25, 0.3) is 0 Å². The van der Waals surface area contributed by atoms with Crippen LogP contribution in [0.4, 0.5) is 0 Å². The first-order chi connectivity index (χ1) is 7.40. The van der Waals surface area contributed by atoms with Crippen LogP contribution >= 0.6 is 0 Å². The van der Waals surface area contributed by atoms with Gasteiger partial charge < -0.3 is 14.7 Å². The molecule has 5 heteroatoms. The van der Waals surface area contributed by atoms with Gasteiger partial charge in [-0.3, -0.25) is 4.79 Å². The highest BCUT2D eigenvalue weighted by Gasteiger charge is 2.39. The summed E-state index contributed by atoms with van der Waals surface area (Å²) in [6.45, 7) is 3.81. The van der Waals surface area contributed by atoms with Gasteiger partial charge in [-0.05, 0) is 33.1 Å². The Bertz CT molecular complexity index is 288. The fraction of sp³-hybridized carbons (Fsp3) is 0.818. The van der Waals surface area contributed by atoms with E-state index in [0.29, 0.717) is 13.0 Å². The Morgan fingerprint density at radius 2 is 2.00 bits per heavy atom. The van der Waals surface area contributed by atoms with Crippen molar-refractivity contribution in [3.05, 3.63) is 0 Å². The van der Waals surface area contributed by atoms with Crippen LogP contribution in [0.3, 0.4) is 0 Å². The minimum atomic E-state index is -0.953. The number of carboxylic acids is 1. The first-order valence-electron chi connectivity index (χ1n) is 5.49. The van der Waals surface area contributed by atoms with E-state index in [4.69, 9.17) is 9.84 Å². The van der Waals surface area contributed by atoms with Gasteiger partial charge in [-0.15, -0.1) is 0 Å². The summed E-state index contributed by atoms with van der Waals surface area (Å²) < 4.78 is 5.10. The van der Waals surface area contributed by atoms with E-state index in [1.54, 1.807) is 13.8 Å². The van der Waals surface area contributed by atoms with Crippen molar-refractivity contribution in [2.75, 3.05) is 13.7 Å². The van der Waals surface area contributed by atoms with Gasteiger partial charge in [-0.2, -0.15) is 0 Å². The lowest BCUT2D eigenvalue weighted by atomic mass is 9.98. The molecule has 1 atom stereocenters. The van der Waals surface area contributed by atoms with Gasteiger partial charge in [-0.25, -0.2) is 4.79 Å². The Hall–Kier alpha value is -1.10. The van der Waals surface area contributed by atoms with Crippen LogP contribution in [0.15, 0.2) is 0 Å². The number of ether oxygens (including phenoxy) is 1. The van der Waals surface area contributed by atoms with E-state index in [2.05, 4.69) is 0 Å². The van der Waals surface area contributed by atoms with Crippen molar-refractivity contribution in [3.63, 3.8) is 0 Å². The molecule has 0 aliphatic carbocycles. The minimum absolute atomic E-state index is 0.248. The third kappa shape index (κ3) is 2.52. The molecule has 1 amide bonds. The standard InChI is InChI=1S/C11H19NO4/c1-11(2,16-3)10(15)12-7-5-4-6-8(12)9(13)14/h8H,4-7H2,1-3H3,(H,13,14). The molecule has 92 valence electrons. The molecule has 1 fully saturated rings. The number of aliphatic carboxylic acids is 1. The highest BCUT2D eigenvalue weighted by Crippen LogP contribution is 2.22. The summed E-state index contributed by atoms with van der Waals surface area (Å²) >= 11 is 0. The van der Waals surface area contributed by atoms with Crippen LogP contribution in [0, 0.1) is 0 Å². The first kappa shape index (κ1) is 13.0. The molecule has 0 aromatic heterocycles. The monoisotopic (exact) mass is 229 g/mol. The van der Waals surface area contributed by atoms with E-state index < -0.39 is 17.6 Å². The molecule has 1 rings (SSSR count). The van der Waals surface area contributed by atoms with Crippen LogP contribution < -0.4 is 0 Å². The minimum Gasteiger partial charge on any atom is -0.480 e. The molecule has 1 N–H and O–H groups in total. The maximum absolute atomic E-state index is 12.1. The predicted octanol–water partition coefficient (Wildman–Crippen LogP) is 0.877. The zero-order chi connectivity index (χ0) is 12.3. The van der Waals surface area contributed by atoms with Crippen LogP contribution in [0.5, 0.6) is 0 Å². The molecule has 1 aliphatic rings. The molecule has 16 heavy (non-hydrogen) atoms. The Labute approximate surface area is 95.4 Å². The number of hydrogen-bond donors (Lipinski definition) is 1. The van der Waals surface area contributed by atoms with E-state index in [1.165, 1.54) is 12.0 Å². The van der Waals surface area contributed by atoms with Crippen molar-refractivity contribution in [2.24, 2.45) is 0 Å². The SMILES string of the molecule is COC(C)(C)C(=O)N1CCCCC1C(=O)O. The smallest absolute Gasteiger partial charge is 0.326 e. The Kier molecular flexibility index (Phi) is 3.91. The van der Waals surface area contributed by atoms with Gasteiger partial charge >= 0.3 is 5.97 Å². The van der Waals surface area contributed by atoms with Crippen molar-refractivity contribution < 1.29 is 19.4 Å². The lowest BCUT2D eigenvalue weighted by molar-refractivity contribution is -0.162. The lowest BCUT2D eigenvalue weighted by Crippen LogP contribution is -2.55. The van der Waals surface area contributed by atoms with Gasteiger partial charge in [-0.1, -0.05) is 0 Å². The molecular weight excluding hydrogens is 210 g/mol. The molecule has 1 aliphatic heterocycles. The molecule has 0 aromatic rings. The summed E-state index contributed by atoms with van der Waals surface area (Å²) in [5, 5.41) is 9.06. The van der Waals surface area contributed by atoms with Crippen molar-refractivity contribution in [1.82, 2.24) is 4.90 Å². The average Bonchev–Trinajstić information content (AvgIpc) is 2.28. The molecule has 0 aromatic carbocycles. The van der Waals surface area contributed by atoms with E-state index >= 15 is 0 Å². The molecule has 1 saturated heterocycles. The number of nitrogens with zero attached hydrogens (tertiary/aromatic N) is 1. The Morgan fingerprint density at radius 3 is 2.50 bits per heavy atom. The zero-order valence-corrected chi connectivity index (χ0v) is 10.0. The molecule has 1 heterocycles. The summed E-state index contributed by atoms with van der Waals surface area (Å²) in [5.74, 6) is -1.18. The number of methoxy groups -OCH3 is 1. The second-order valence-corrected chi connectivity index (χ2v) is 4.56. The molecule has 5 nitrogen and oxygen atoms in total. The van der Waals surface area contributed by atoms with Crippen LogP contribution in [-0.2, 0) is 14.3 Å². The summed E-state index contributed by atoms with van der Waals surface area (Å²) in [5.41, 5.74) is -0.953. The predicted molar refractivity (Wildman–Crippen MR) is 58.1 cm³/mol. The second-order valence-electron chi connectivity index (χ2n) is 4.56. The quantitative estimate of drug-likeness (QED) is 0.780. The lowest BCUT2D eigenvalue weighted by Gasteiger charge is -2.37. The number of carboxylic acid groups (broad SMARTS) is 1. The maximum Gasteiger partial charge on any atom is 0.326 e. The van der Waals surface area contributed by atoms with Crippen LogP contribution in [0.1, 0.15) is 33.1 Å². The van der Waals surface area contributed by atoms with Crippen molar-refractivity contribution in [1.29, 1.82) is 0 Å². The van der Waals surface area contributed by atoms with E-state index in [0.717, 1.165) is 12.8 Å². The first-order valence-corrected chi connectivity index (χ1v) is 5.49. The largest absolute Gasteiger partial charge is 0.480 e. The summed E-state index contributed by atoms with van der Waals surface area (Å²) in [7, 11) is 1.46. The van der Waals surface area contributed by atoms with Gasteiger partial charge in [0.2, 0.25) is 0 Å². The molecule has 0 saturated carbocycles. The molecule has 1 unspecified atom stereocenters. The highest BCUT2D eigenvalue weighted by atomic mass is 16.5. The fourth-order valence-corrected chi connectivity index (χ4v) is 1.86. The molecular formula is C11H19NO4. The second kappa shape index (κ2) is 4.82. The van der Waals surface area contributed by atoms with Crippen molar-refractivity contribution in [3.8, 4) is 0 Å². The number of amides is 1. The van der Waals surface area contributed by atoms with Crippen LogP contribution in [0.2, 0.25) is 0 Å². The van der Waals surface area contributed by atoms with Crippen LogP contribution in [-0.4, -0.2) is 47.2 Å². The van der Waals surface area contributed by atoms with E-state index in [1.807, 2.05) is 0 Å². The topological polar surface area (TPSA) is 66.8 Å². The van der Waals surface area contributed by atoms with E-state index in [-0.39, 0.29) is 5.91 Å². The Balaban J connectivity index is 2.83. The summed E-state index contributed by atoms with van der Waals surface area (Å²) in [6.07, 6.45) is 2.24. The maximum atomic E-state index is 12.1. The van der Waals surface area contributed by atoms with Gasteiger partial charge in [0, 0.05) is 13.7 Å². The molecule has 0 radical (unpaired) electrons.